The van der Waals surface area contributed by atoms with Gasteiger partial charge in [-0.2, -0.15) is 0 Å². The number of rotatable bonds is 4. The zero-order valence-electron chi connectivity index (χ0n) is 15.9. The first-order valence-electron chi connectivity index (χ1n) is 8.38. The van der Waals surface area contributed by atoms with Crippen molar-refractivity contribution in [2.45, 2.75) is 18.9 Å². The molecule has 0 aromatic carbocycles. The van der Waals surface area contributed by atoms with E-state index < -0.39 is 0 Å². The maximum absolute atomic E-state index is 10.1. The van der Waals surface area contributed by atoms with Crippen molar-refractivity contribution in [3.63, 3.8) is 0 Å². The smallest absolute Gasteiger partial charge is 0.232 e. The van der Waals surface area contributed by atoms with Crippen molar-refractivity contribution in [3.8, 4) is 5.88 Å². The third-order valence-electron chi connectivity index (χ3n) is 4.02. The summed E-state index contributed by atoms with van der Waals surface area (Å²) < 4.78 is 4.72. The van der Waals surface area contributed by atoms with Crippen molar-refractivity contribution in [3.05, 3.63) is 42.1 Å². The van der Waals surface area contributed by atoms with E-state index in [-0.39, 0.29) is 5.54 Å². The van der Waals surface area contributed by atoms with E-state index in [1.807, 2.05) is 26.4 Å². The summed E-state index contributed by atoms with van der Waals surface area (Å²) in [6.45, 7) is 2.18. The van der Waals surface area contributed by atoms with Crippen molar-refractivity contribution >= 4 is 28.9 Å². The number of pyridine rings is 1. The number of carbonyl (C=O) groups excluding carboxylic acids is 1. The molecule has 1 fully saturated rings. The van der Waals surface area contributed by atoms with Crippen LogP contribution in [0, 0.1) is 0 Å². The monoisotopic (exact) mass is 388 g/mol. The normalized spacial score (nSPS) is 20.1. The summed E-state index contributed by atoms with van der Waals surface area (Å²) in [5, 5.41) is 7.61. The lowest BCUT2D eigenvalue weighted by atomic mass is 9.93. The van der Waals surface area contributed by atoms with Crippen LogP contribution in [-0.2, 0) is 5.54 Å². The van der Waals surface area contributed by atoms with Crippen molar-refractivity contribution in [2.75, 3.05) is 32.3 Å². The van der Waals surface area contributed by atoms with Gasteiger partial charge < -0.3 is 15.4 Å². The molecule has 0 saturated carbocycles. The minimum absolute atomic E-state index is 0.118. The van der Waals surface area contributed by atoms with Gasteiger partial charge >= 0.3 is 0 Å². The second kappa shape index (κ2) is 9.86. The Morgan fingerprint density at radius 1 is 1.37 bits per heavy atom. The Morgan fingerprint density at radius 3 is 2.78 bits per heavy atom. The second-order valence-electron chi connectivity index (χ2n) is 5.87. The fraction of sp³-hybridized carbons (Fsp3) is 0.389. The molecule has 27 heavy (non-hydrogen) atoms. The lowest BCUT2D eigenvalue weighted by molar-refractivity contribution is 0.111. The maximum atomic E-state index is 10.1. The Bertz CT molecular complexity index is 784. The van der Waals surface area contributed by atoms with Crippen molar-refractivity contribution in [1.82, 2.24) is 20.3 Å². The van der Waals surface area contributed by atoms with Crippen LogP contribution in [0.4, 0.5) is 5.69 Å². The number of nitrogens with zero attached hydrogens (tertiary/aromatic N) is 4. The van der Waals surface area contributed by atoms with Crippen LogP contribution in [-0.4, -0.2) is 53.4 Å². The topological polar surface area (TPSA) is 101 Å². The Labute approximate surface area is 163 Å². The van der Waals surface area contributed by atoms with E-state index in [1.54, 1.807) is 11.8 Å². The van der Waals surface area contributed by atoms with Crippen LogP contribution in [0.15, 0.2) is 35.7 Å². The van der Waals surface area contributed by atoms with Gasteiger partial charge in [-0.3, -0.25) is 14.8 Å². The number of aromatic nitrogens is 3. The third-order valence-corrected chi connectivity index (χ3v) is 4.99. The Balaban J connectivity index is 0.000000223. The van der Waals surface area contributed by atoms with E-state index in [0.717, 1.165) is 28.7 Å². The predicted octanol–water partition coefficient (Wildman–Crippen LogP) is 2.35. The van der Waals surface area contributed by atoms with Gasteiger partial charge in [0.05, 0.1) is 30.7 Å². The molecule has 0 bridgehead atoms. The Kier molecular flexibility index (Phi) is 7.54. The maximum Gasteiger partial charge on any atom is 0.232 e. The number of carbonyl (C=O) groups is 1. The number of hydrogen-bond acceptors (Lipinski definition) is 8. The predicted molar refractivity (Wildman–Crippen MR) is 109 cm³/mol. The van der Waals surface area contributed by atoms with E-state index in [9.17, 15) is 4.79 Å². The molecule has 0 radical (unpaired) electrons. The van der Waals surface area contributed by atoms with Crippen LogP contribution in [0.2, 0.25) is 0 Å². The molecule has 0 aliphatic carbocycles. The molecular formula is C18H24N6O2S. The summed E-state index contributed by atoms with van der Waals surface area (Å²) in [5.41, 5.74) is 2.34. The number of amidine groups is 1. The molecule has 0 amide bonds. The van der Waals surface area contributed by atoms with E-state index in [1.165, 1.54) is 19.5 Å². The zero-order valence-corrected chi connectivity index (χ0v) is 16.7. The number of nitrogens with one attached hydrogen (secondary N) is 2. The molecule has 0 spiro atoms. The molecule has 1 aliphatic heterocycles. The van der Waals surface area contributed by atoms with Gasteiger partial charge in [0.1, 0.15) is 5.69 Å². The molecule has 8 nitrogen and oxygen atoms in total. The number of thioether (sulfide) groups is 1. The van der Waals surface area contributed by atoms with E-state index >= 15 is 0 Å². The molecule has 1 atom stereocenters. The van der Waals surface area contributed by atoms with E-state index in [4.69, 9.17) is 4.74 Å². The number of hydrogen-bond donors (Lipinski definition) is 2. The molecule has 2 N–H and O–H groups in total. The van der Waals surface area contributed by atoms with Crippen molar-refractivity contribution in [1.29, 1.82) is 0 Å². The molecule has 2 aromatic heterocycles. The summed E-state index contributed by atoms with van der Waals surface area (Å²) in [4.78, 5) is 26.2. The van der Waals surface area contributed by atoms with Crippen LogP contribution in [0.1, 0.15) is 29.5 Å². The minimum atomic E-state index is -0.118. The van der Waals surface area contributed by atoms with Crippen LogP contribution >= 0.6 is 11.8 Å². The molecule has 1 aliphatic rings. The largest absolute Gasteiger partial charge is 0.480 e. The van der Waals surface area contributed by atoms with Crippen molar-refractivity contribution < 1.29 is 9.53 Å². The zero-order chi connectivity index (χ0) is 19.7. The first kappa shape index (κ1) is 20.6. The standard InChI is InChI=1S/C12H18N4S.C6H6N2O2/c1-12(5-7-17-11(14-3)16-12)10-8-9(13-2)4-6-15-10;1-10-6-3-7-5(4-9)2-8-6/h4,6,8H,5,7H2,1-3H3,(H,13,15)(H,14,16);2-4H,1H3. The fourth-order valence-corrected chi connectivity index (χ4v) is 3.51. The van der Waals surface area contributed by atoms with Gasteiger partial charge in [-0.25, -0.2) is 9.97 Å². The summed E-state index contributed by atoms with van der Waals surface area (Å²) >= 11 is 1.77. The number of aldehydes is 1. The highest BCUT2D eigenvalue weighted by Crippen LogP contribution is 2.31. The summed E-state index contributed by atoms with van der Waals surface area (Å²) in [5.74, 6) is 1.48. The first-order chi connectivity index (χ1) is 13.0. The molecule has 144 valence electrons. The number of ether oxygens (including phenoxy) is 1. The molecule has 9 heteroatoms. The quantitative estimate of drug-likeness (QED) is 0.770. The SMILES string of the molecule is CN=C1NC(C)(c2cc(NC)ccn2)CCS1.COc1cnc(C=O)cn1. The van der Waals surface area contributed by atoms with Crippen LogP contribution in [0.5, 0.6) is 5.88 Å². The van der Waals surface area contributed by atoms with Crippen LogP contribution < -0.4 is 15.4 Å². The highest BCUT2D eigenvalue weighted by molar-refractivity contribution is 8.13. The molecule has 3 heterocycles. The van der Waals surface area contributed by atoms with Gasteiger partial charge in [0.2, 0.25) is 5.88 Å². The number of anilines is 1. The summed E-state index contributed by atoms with van der Waals surface area (Å²) in [6.07, 6.45) is 6.28. The van der Waals surface area contributed by atoms with Crippen LogP contribution in [0.3, 0.4) is 0 Å². The second-order valence-corrected chi connectivity index (χ2v) is 6.95. The van der Waals surface area contributed by atoms with Gasteiger partial charge in [0, 0.05) is 31.7 Å². The van der Waals surface area contributed by atoms with Gasteiger partial charge in [-0.05, 0) is 25.5 Å². The van der Waals surface area contributed by atoms with Crippen LogP contribution in [0.25, 0.3) is 0 Å². The molecule has 1 saturated heterocycles. The average molecular weight is 388 g/mol. The fourth-order valence-electron chi connectivity index (χ4n) is 2.38. The number of methoxy groups -OCH3 is 1. The van der Waals surface area contributed by atoms with E-state index in [2.05, 4.69) is 43.6 Å². The summed E-state index contributed by atoms with van der Waals surface area (Å²) in [6, 6.07) is 4.07. The highest BCUT2D eigenvalue weighted by atomic mass is 32.2. The first-order valence-corrected chi connectivity index (χ1v) is 9.36. The van der Waals surface area contributed by atoms with Gasteiger partial charge in [-0.15, -0.1) is 0 Å². The van der Waals surface area contributed by atoms with Gasteiger partial charge in [-0.1, -0.05) is 11.8 Å². The minimum Gasteiger partial charge on any atom is -0.480 e. The van der Waals surface area contributed by atoms with E-state index in [0.29, 0.717) is 17.9 Å². The van der Waals surface area contributed by atoms with Gasteiger partial charge in [0.15, 0.2) is 11.5 Å². The lowest BCUT2D eigenvalue weighted by Gasteiger charge is -2.35. The Morgan fingerprint density at radius 2 is 2.19 bits per heavy atom. The molecule has 1 unspecified atom stereocenters. The lowest BCUT2D eigenvalue weighted by Crippen LogP contribution is -2.46. The molecule has 2 aromatic rings. The van der Waals surface area contributed by atoms with Gasteiger partial charge in [0.25, 0.3) is 0 Å². The average Bonchev–Trinajstić information content (AvgIpc) is 2.74. The molecular weight excluding hydrogens is 364 g/mol. The number of aliphatic imine (C=N–C) groups is 1. The Hall–Kier alpha value is -2.68. The third kappa shape index (κ3) is 5.65. The summed E-state index contributed by atoms with van der Waals surface area (Å²) in [7, 11) is 5.23. The molecule has 3 rings (SSSR count). The highest BCUT2D eigenvalue weighted by Gasteiger charge is 2.32. The van der Waals surface area contributed by atoms with Crippen molar-refractivity contribution in [2.24, 2.45) is 4.99 Å².